The molecule has 1 aromatic heterocycles. The van der Waals surface area contributed by atoms with Crippen molar-refractivity contribution < 1.29 is 24.9 Å². The van der Waals surface area contributed by atoms with Gasteiger partial charge in [0.2, 0.25) is 10.6 Å². The number of phenols is 3. The molecule has 10 heteroatoms. The SMILES string of the molecule is Cc1ccc(N=c2scc(-c3ccc4c(c3)NC(=O)CO4)n2N=Cc2ccc(O)c(O)c2O)cc1C. The maximum atomic E-state index is 11.8. The molecule has 36 heavy (non-hydrogen) atoms. The third kappa shape index (κ3) is 4.41. The Morgan fingerprint density at radius 2 is 1.86 bits per heavy atom. The summed E-state index contributed by atoms with van der Waals surface area (Å²) >= 11 is 1.37. The van der Waals surface area contributed by atoms with Gasteiger partial charge in [-0.15, -0.1) is 11.3 Å². The Bertz CT molecular complexity index is 1600. The second-order valence-electron chi connectivity index (χ2n) is 8.26. The zero-order chi connectivity index (χ0) is 25.4. The summed E-state index contributed by atoms with van der Waals surface area (Å²) in [5.74, 6) is -1.20. The number of ether oxygens (including phenoxy) is 1. The Kier molecular flexibility index (Phi) is 5.95. The highest BCUT2D eigenvalue weighted by Crippen LogP contribution is 2.36. The van der Waals surface area contributed by atoms with Crippen LogP contribution in [0.5, 0.6) is 23.0 Å². The first-order valence-electron chi connectivity index (χ1n) is 11.0. The van der Waals surface area contributed by atoms with Crippen molar-refractivity contribution in [2.75, 3.05) is 11.9 Å². The molecule has 0 unspecified atom stereocenters. The molecule has 4 aromatic rings. The molecule has 0 fully saturated rings. The summed E-state index contributed by atoms with van der Waals surface area (Å²) in [5.41, 5.74) is 5.23. The highest BCUT2D eigenvalue weighted by molar-refractivity contribution is 7.07. The third-order valence-electron chi connectivity index (χ3n) is 5.78. The van der Waals surface area contributed by atoms with Gasteiger partial charge in [-0.2, -0.15) is 5.10 Å². The van der Waals surface area contributed by atoms with Crippen LogP contribution in [0.25, 0.3) is 11.3 Å². The Labute approximate surface area is 209 Å². The molecule has 0 bridgehead atoms. The maximum Gasteiger partial charge on any atom is 0.262 e. The van der Waals surface area contributed by atoms with Crippen LogP contribution in [0.4, 0.5) is 11.4 Å². The minimum Gasteiger partial charge on any atom is -0.504 e. The van der Waals surface area contributed by atoms with E-state index < -0.39 is 17.2 Å². The van der Waals surface area contributed by atoms with Gasteiger partial charge in [-0.05, 0) is 67.4 Å². The monoisotopic (exact) mass is 502 g/mol. The molecule has 9 nitrogen and oxygen atoms in total. The molecule has 0 spiro atoms. The fraction of sp³-hybridized carbons (Fsp3) is 0.115. The van der Waals surface area contributed by atoms with Gasteiger partial charge < -0.3 is 25.4 Å². The van der Waals surface area contributed by atoms with Crippen molar-refractivity contribution in [1.29, 1.82) is 0 Å². The number of thiazole rings is 1. The molecule has 5 rings (SSSR count). The first-order chi connectivity index (χ1) is 17.3. The van der Waals surface area contributed by atoms with Gasteiger partial charge in [0.05, 0.1) is 23.3 Å². The van der Waals surface area contributed by atoms with Crippen molar-refractivity contribution in [3.8, 4) is 34.3 Å². The van der Waals surface area contributed by atoms with E-state index in [4.69, 9.17) is 9.73 Å². The number of aryl methyl sites for hydroxylation is 2. The van der Waals surface area contributed by atoms with E-state index in [1.165, 1.54) is 29.7 Å². The van der Waals surface area contributed by atoms with Gasteiger partial charge in [-0.25, -0.2) is 9.67 Å². The molecule has 0 saturated heterocycles. The minimum absolute atomic E-state index is 0.0307. The Balaban J connectivity index is 1.65. The number of phenolic OH excluding ortho intramolecular Hbond substituents is 3. The summed E-state index contributed by atoms with van der Waals surface area (Å²) in [7, 11) is 0. The van der Waals surface area contributed by atoms with Gasteiger partial charge in [-0.1, -0.05) is 6.07 Å². The molecule has 1 aliphatic rings. The molecular formula is C26H22N4O5S. The normalized spacial score (nSPS) is 13.5. The number of hydrogen-bond acceptors (Lipinski definition) is 8. The van der Waals surface area contributed by atoms with Crippen molar-refractivity contribution >= 4 is 34.8 Å². The van der Waals surface area contributed by atoms with Crippen LogP contribution in [0.3, 0.4) is 0 Å². The summed E-state index contributed by atoms with van der Waals surface area (Å²) in [4.78, 5) is 17.1. The molecule has 2 heterocycles. The second-order valence-corrected chi connectivity index (χ2v) is 9.10. The lowest BCUT2D eigenvalue weighted by molar-refractivity contribution is -0.118. The number of anilines is 1. The Morgan fingerprint density at radius 3 is 2.67 bits per heavy atom. The van der Waals surface area contributed by atoms with Crippen molar-refractivity contribution in [3.05, 3.63) is 75.4 Å². The van der Waals surface area contributed by atoms with Gasteiger partial charge >= 0.3 is 0 Å². The van der Waals surface area contributed by atoms with E-state index in [9.17, 15) is 20.1 Å². The van der Waals surface area contributed by atoms with Crippen LogP contribution in [0.15, 0.2) is 64.0 Å². The number of benzene rings is 3. The standard InChI is InChI=1S/C26H22N4O5S/c1-14-3-6-18(9-15(14)2)28-26-30(27-11-17-4-7-21(31)25(34)24(17)33)20(13-36-26)16-5-8-22-19(10-16)29-23(32)12-35-22/h3-11,13,31,33-34H,12H2,1-2H3,(H,29,32). The predicted molar refractivity (Wildman–Crippen MR) is 137 cm³/mol. The van der Waals surface area contributed by atoms with Crippen LogP contribution < -0.4 is 14.9 Å². The predicted octanol–water partition coefficient (Wildman–Crippen LogP) is 4.40. The van der Waals surface area contributed by atoms with Gasteiger partial charge in [0.1, 0.15) is 5.75 Å². The molecule has 3 aromatic carbocycles. The third-order valence-corrected chi connectivity index (χ3v) is 6.60. The number of carbonyl (C=O) groups excluding carboxylic acids is 1. The first-order valence-corrected chi connectivity index (χ1v) is 11.9. The quantitative estimate of drug-likeness (QED) is 0.243. The maximum absolute atomic E-state index is 11.8. The van der Waals surface area contributed by atoms with Crippen molar-refractivity contribution in [2.45, 2.75) is 13.8 Å². The average Bonchev–Trinajstić information content (AvgIpc) is 3.26. The molecule has 1 aliphatic heterocycles. The molecule has 0 radical (unpaired) electrons. The van der Waals surface area contributed by atoms with Crippen LogP contribution in [-0.4, -0.2) is 38.7 Å². The summed E-state index contributed by atoms with van der Waals surface area (Å²) in [6, 6.07) is 14.0. The number of fused-ring (bicyclic) bond motifs is 1. The van der Waals surface area contributed by atoms with Gasteiger partial charge in [0.15, 0.2) is 18.1 Å². The van der Waals surface area contributed by atoms with E-state index in [1.807, 2.05) is 43.5 Å². The molecule has 182 valence electrons. The van der Waals surface area contributed by atoms with E-state index >= 15 is 0 Å². The lowest BCUT2D eigenvalue weighted by Gasteiger charge is -2.18. The number of aromatic hydroxyl groups is 3. The Morgan fingerprint density at radius 1 is 1.03 bits per heavy atom. The second kappa shape index (κ2) is 9.23. The van der Waals surface area contributed by atoms with Crippen LogP contribution in [-0.2, 0) is 4.79 Å². The smallest absolute Gasteiger partial charge is 0.262 e. The van der Waals surface area contributed by atoms with E-state index in [0.717, 1.165) is 22.4 Å². The topological polar surface area (TPSA) is 129 Å². The number of aromatic nitrogens is 1. The first kappa shape index (κ1) is 23.2. The molecule has 0 atom stereocenters. The fourth-order valence-electron chi connectivity index (χ4n) is 3.64. The van der Waals surface area contributed by atoms with Crippen molar-refractivity contribution in [3.63, 3.8) is 0 Å². The summed E-state index contributed by atoms with van der Waals surface area (Å²) in [6.45, 7) is 4.02. The Hall–Kier alpha value is -4.57. The van der Waals surface area contributed by atoms with E-state index in [1.54, 1.807) is 16.8 Å². The molecule has 4 N–H and O–H groups in total. The van der Waals surface area contributed by atoms with Gasteiger partial charge in [0.25, 0.3) is 5.91 Å². The number of nitrogens with zero attached hydrogens (tertiary/aromatic N) is 3. The summed E-state index contributed by atoms with van der Waals surface area (Å²) in [5, 5.41) is 39.0. The number of nitrogens with one attached hydrogen (secondary N) is 1. The molecule has 0 saturated carbocycles. The van der Waals surface area contributed by atoms with Crippen LogP contribution >= 0.6 is 11.3 Å². The molecular weight excluding hydrogens is 480 g/mol. The van der Waals surface area contributed by atoms with Gasteiger partial charge in [-0.3, -0.25) is 4.79 Å². The van der Waals surface area contributed by atoms with Crippen LogP contribution in [0.2, 0.25) is 0 Å². The summed E-state index contributed by atoms with van der Waals surface area (Å²) in [6.07, 6.45) is 1.37. The lowest BCUT2D eigenvalue weighted by atomic mass is 10.1. The zero-order valence-electron chi connectivity index (χ0n) is 19.4. The van der Waals surface area contributed by atoms with Crippen molar-refractivity contribution in [1.82, 2.24) is 4.68 Å². The van der Waals surface area contributed by atoms with Gasteiger partial charge in [0, 0.05) is 16.5 Å². The molecule has 0 aliphatic carbocycles. The highest BCUT2D eigenvalue weighted by atomic mass is 32.1. The fourth-order valence-corrected chi connectivity index (χ4v) is 4.50. The highest BCUT2D eigenvalue weighted by Gasteiger charge is 2.18. The number of hydrogen-bond donors (Lipinski definition) is 4. The largest absolute Gasteiger partial charge is 0.504 e. The lowest BCUT2D eigenvalue weighted by Crippen LogP contribution is -2.25. The van der Waals surface area contributed by atoms with E-state index in [0.29, 0.717) is 21.9 Å². The van der Waals surface area contributed by atoms with Crippen LogP contribution in [0, 0.1) is 13.8 Å². The average molecular weight is 503 g/mol. The van der Waals surface area contributed by atoms with Crippen molar-refractivity contribution in [2.24, 2.45) is 10.1 Å². The van der Waals surface area contributed by atoms with Crippen LogP contribution in [0.1, 0.15) is 16.7 Å². The minimum atomic E-state index is -0.625. The zero-order valence-corrected chi connectivity index (χ0v) is 20.2. The summed E-state index contributed by atoms with van der Waals surface area (Å²) < 4.78 is 7.07. The molecule has 1 amide bonds. The number of carbonyl (C=O) groups is 1. The van der Waals surface area contributed by atoms with E-state index in [-0.39, 0.29) is 18.1 Å². The number of rotatable bonds is 4. The van der Waals surface area contributed by atoms with E-state index in [2.05, 4.69) is 10.4 Å². The number of amides is 1.